The number of ether oxygens (including phenoxy) is 9. The number of hydrogen-bond acceptors (Lipinski definition) is 10. The van der Waals surface area contributed by atoms with Crippen molar-refractivity contribution in [2.75, 3.05) is 6.61 Å². The standard InChI is InChI=1S/C40H56O10/c1-19-11-24-5-7-29-20(2)12-26(43-29)9-10-40-17-34-36(49-40)37-38(48-34)39(50-40)35-30(47-37)8-6-25(45-35)13-23(41)14-28-22(4)31(15-27-18-42-27)46-33(28)16-32(44-24)21(19)3/h19,22,24-39H,2-3,5-18H2,1,4H3/t19-,22-,24+,25?,26+,27+,28-,29?,30+,31-,32-,33?,34-,35+,36?,37+,38-,39+,40+/m1/s1. The fourth-order valence-corrected chi connectivity index (χ4v) is 11.4. The minimum atomic E-state index is -0.743. The van der Waals surface area contributed by atoms with Crippen molar-refractivity contribution < 1.29 is 47.4 Å². The topological polar surface area (TPSA) is 103 Å². The van der Waals surface area contributed by atoms with Crippen LogP contribution >= 0.6 is 0 Å². The summed E-state index contributed by atoms with van der Waals surface area (Å²) in [6, 6.07) is 0. The Hall–Kier alpha value is -1.21. The third-order valence-electron chi connectivity index (χ3n) is 14.3. The van der Waals surface area contributed by atoms with Gasteiger partial charge in [0, 0.05) is 38.5 Å². The third-order valence-corrected chi connectivity index (χ3v) is 14.3. The predicted octanol–water partition coefficient (Wildman–Crippen LogP) is 5.14. The van der Waals surface area contributed by atoms with Crippen molar-refractivity contribution in [1.82, 2.24) is 0 Å². The van der Waals surface area contributed by atoms with Gasteiger partial charge in [0.15, 0.2) is 5.79 Å². The molecule has 11 aliphatic heterocycles. The van der Waals surface area contributed by atoms with Gasteiger partial charge < -0.3 is 42.6 Å². The molecule has 11 rings (SSSR count). The summed E-state index contributed by atoms with van der Waals surface area (Å²) in [5.41, 5.74) is 2.32. The average Bonchev–Trinajstić information content (AvgIpc) is 3.58. The second kappa shape index (κ2) is 12.7. The first-order valence-corrected chi connectivity index (χ1v) is 20.0. The van der Waals surface area contributed by atoms with Crippen LogP contribution in [0.2, 0.25) is 0 Å². The molecule has 11 heterocycles. The van der Waals surface area contributed by atoms with Crippen molar-refractivity contribution in [3.63, 3.8) is 0 Å². The lowest BCUT2D eigenvalue weighted by molar-refractivity contribution is -0.292. The number of epoxide rings is 1. The molecular weight excluding hydrogens is 640 g/mol. The highest BCUT2D eigenvalue weighted by Gasteiger charge is 2.68. The lowest BCUT2D eigenvalue weighted by atomic mass is 9.79. The first-order chi connectivity index (χ1) is 24.2. The molecule has 0 radical (unpaired) electrons. The maximum absolute atomic E-state index is 14.0. The summed E-state index contributed by atoms with van der Waals surface area (Å²) in [5.74, 6) is 0.213. The van der Waals surface area contributed by atoms with Gasteiger partial charge >= 0.3 is 0 Å². The molecule has 0 aromatic rings. The van der Waals surface area contributed by atoms with Gasteiger partial charge in [0.1, 0.15) is 36.3 Å². The molecule has 10 heteroatoms. The van der Waals surface area contributed by atoms with Crippen LogP contribution < -0.4 is 0 Å². The number of hydrogen-bond donors (Lipinski definition) is 0. The summed E-state index contributed by atoms with van der Waals surface area (Å²) in [4.78, 5) is 14.0. The Morgan fingerprint density at radius 3 is 2.32 bits per heavy atom. The number of carbonyl (C=O) groups excluding carboxylic acids is 1. The fraction of sp³-hybridized carbons (Fsp3) is 0.875. The van der Waals surface area contributed by atoms with Crippen LogP contribution in [0.1, 0.15) is 97.3 Å². The van der Waals surface area contributed by atoms with Crippen LogP contribution in [-0.2, 0) is 47.4 Å². The smallest absolute Gasteiger partial charge is 0.172 e. The Morgan fingerprint density at radius 1 is 0.700 bits per heavy atom. The second-order valence-electron chi connectivity index (χ2n) is 17.7. The molecule has 0 aromatic heterocycles. The van der Waals surface area contributed by atoms with Crippen LogP contribution in [0.25, 0.3) is 0 Å². The van der Waals surface area contributed by atoms with Crippen molar-refractivity contribution in [2.24, 2.45) is 17.8 Å². The summed E-state index contributed by atoms with van der Waals surface area (Å²) < 4.78 is 59.9. The lowest BCUT2D eigenvalue weighted by Crippen LogP contribution is -2.61. The normalized spacial score (nSPS) is 55.9. The molecule has 4 unspecified atom stereocenters. The number of carbonyl (C=O) groups is 1. The molecule has 0 saturated carbocycles. The minimum absolute atomic E-state index is 0.0297. The van der Waals surface area contributed by atoms with Gasteiger partial charge in [-0.05, 0) is 73.8 Å². The highest BCUT2D eigenvalue weighted by Crippen LogP contribution is 2.54. The van der Waals surface area contributed by atoms with E-state index in [2.05, 4.69) is 27.0 Å². The van der Waals surface area contributed by atoms with E-state index in [4.69, 9.17) is 42.6 Å². The molecule has 11 aliphatic rings. The number of rotatable bonds is 2. The third kappa shape index (κ3) is 5.91. The van der Waals surface area contributed by atoms with Crippen LogP contribution in [-0.4, -0.2) is 110 Å². The summed E-state index contributed by atoms with van der Waals surface area (Å²) in [6.07, 6.45) is 9.05. The predicted molar refractivity (Wildman–Crippen MR) is 179 cm³/mol. The van der Waals surface area contributed by atoms with Crippen LogP contribution in [0.4, 0.5) is 0 Å². The first kappa shape index (κ1) is 33.4. The molecule has 0 N–H and O–H groups in total. The van der Waals surface area contributed by atoms with E-state index in [9.17, 15) is 4.79 Å². The molecule has 1 spiro atoms. The molecule has 11 fully saturated rings. The van der Waals surface area contributed by atoms with Gasteiger partial charge in [0.25, 0.3) is 0 Å². The molecule has 50 heavy (non-hydrogen) atoms. The van der Waals surface area contributed by atoms with E-state index < -0.39 is 5.79 Å². The van der Waals surface area contributed by atoms with Gasteiger partial charge in [-0.25, -0.2) is 0 Å². The zero-order valence-corrected chi connectivity index (χ0v) is 29.8. The maximum atomic E-state index is 14.0. The van der Waals surface area contributed by atoms with E-state index in [1.165, 1.54) is 5.57 Å². The highest BCUT2D eigenvalue weighted by atomic mass is 16.8. The van der Waals surface area contributed by atoms with Crippen molar-refractivity contribution in [3.8, 4) is 0 Å². The van der Waals surface area contributed by atoms with E-state index in [1.807, 2.05) is 0 Å². The van der Waals surface area contributed by atoms with Crippen molar-refractivity contribution in [3.05, 3.63) is 24.3 Å². The van der Waals surface area contributed by atoms with Gasteiger partial charge in [-0.3, -0.25) is 4.79 Å². The van der Waals surface area contributed by atoms with E-state index >= 15 is 0 Å². The molecule has 11 saturated heterocycles. The van der Waals surface area contributed by atoms with Crippen LogP contribution in [0.15, 0.2) is 24.3 Å². The van der Waals surface area contributed by atoms with E-state index in [1.54, 1.807) is 0 Å². The zero-order chi connectivity index (χ0) is 33.9. The maximum Gasteiger partial charge on any atom is 0.172 e. The monoisotopic (exact) mass is 696 g/mol. The molecule has 0 aliphatic carbocycles. The second-order valence-corrected chi connectivity index (χ2v) is 17.7. The van der Waals surface area contributed by atoms with Crippen molar-refractivity contribution in [2.45, 2.75) is 195 Å². The summed E-state index contributed by atoms with van der Waals surface area (Å²) >= 11 is 0. The zero-order valence-electron chi connectivity index (χ0n) is 29.8. The lowest BCUT2D eigenvalue weighted by Gasteiger charge is -2.47. The largest absolute Gasteiger partial charge is 0.374 e. The fourth-order valence-electron chi connectivity index (χ4n) is 11.4. The number of Topliss-reactive ketones (excluding diaryl/α,β-unsaturated/α-hetero) is 1. The molecule has 19 atom stereocenters. The molecular formula is C40H56O10. The molecule has 10 nitrogen and oxygen atoms in total. The minimum Gasteiger partial charge on any atom is -0.374 e. The van der Waals surface area contributed by atoms with E-state index in [0.717, 1.165) is 76.4 Å². The average molecular weight is 697 g/mol. The van der Waals surface area contributed by atoms with Crippen molar-refractivity contribution >= 4 is 5.78 Å². The quantitative estimate of drug-likeness (QED) is 0.285. The van der Waals surface area contributed by atoms with Gasteiger partial charge in [0.2, 0.25) is 0 Å². The van der Waals surface area contributed by atoms with Crippen LogP contribution in [0.5, 0.6) is 0 Å². The van der Waals surface area contributed by atoms with Gasteiger partial charge in [-0.15, -0.1) is 0 Å². The first-order valence-electron chi connectivity index (χ1n) is 20.0. The van der Waals surface area contributed by atoms with Crippen LogP contribution in [0, 0.1) is 17.8 Å². The molecule has 0 amide bonds. The Bertz CT molecular complexity index is 1370. The van der Waals surface area contributed by atoms with Crippen LogP contribution in [0.3, 0.4) is 0 Å². The molecule has 0 aromatic carbocycles. The van der Waals surface area contributed by atoms with E-state index in [0.29, 0.717) is 25.2 Å². The SMILES string of the molecule is C=C1C[C@@H]2CC[C@@]34C[C@H]5O[C@H]6[C@@H](O3)[C@H]3OC(CC[C@@H]3O[C@H]6C5O4)CC(=O)C[C@H]3C(C[C@H]4O[C@@H](CCC1O2)C[C@@H](C)C4=C)O[C@H](C[C@H]1CO1)[C@@H]3C. The van der Waals surface area contributed by atoms with Crippen molar-refractivity contribution in [1.29, 1.82) is 0 Å². The summed E-state index contributed by atoms with van der Waals surface area (Å²) in [7, 11) is 0. The highest BCUT2D eigenvalue weighted by molar-refractivity contribution is 5.79. The van der Waals surface area contributed by atoms with E-state index in [-0.39, 0.29) is 109 Å². The Kier molecular flexibility index (Phi) is 8.47. The number of fused-ring (bicyclic) bond motifs is 6. The number of ketones is 1. The molecule has 276 valence electrons. The Balaban J connectivity index is 0.925. The summed E-state index contributed by atoms with van der Waals surface area (Å²) in [5, 5.41) is 0. The van der Waals surface area contributed by atoms with Gasteiger partial charge in [0.05, 0.1) is 67.6 Å². The Labute approximate surface area is 296 Å². The Morgan fingerprint density at radius 2 is 1.46 bits per heavy atom. The summed E-state index contributed by atoms with van der Waals surface area (Å²) in [6.45, 7) is 14.3. The molecule has 12 bridgehead atoms. The van der Waals surface area contributed by atoms with Gasteiger partial charge in [-0.1, -0.05) is 27.0 Å². The van der Waals surface area contributed by atoms with Gasteiger partial charge in [-0.2, -0.15) is 0 Å².